The molecule has 2 aromatic rings. The van der Waals surface area contributed by atoms with Gasteiger partial charge in [-0.3, -0.25) is 4.79 Å². The zero-order valence-electron chi connectivity index (χ0n) is 9.45. The number of amides is 1. The molecule has 5 nitrogen and oxygen atoms in total. The Kier molecular flexibility index (Phi) is 3.21. The lowest BCUT2D eigenvalue weighted by atomic mass is 10.1. The van der Waals surface area contributed by atoms with E-state index in [-0.39, 0.29) is 5.57 Å². The van der Waals surface area contributed by atoms with Crippen LogP contribution in [-0.4, -0.2) is 15.5 Å². The predicted molar refractivity (Wildman–Crippen MR) is 66.3 cm³/mol. The number of imidazole rings is 1. The first kappa shape index (κ1) is 11.6. The number of primary amides is 1. The molecule has 0 aliphatic carbocycles. The second-order valence-electron chi connectivity index (χ2n) is 3.60. The molecular formula is C13H10N4O. The van der Waals surface area contributed by atoms with E-state index in [1.807, 2.05) is 22.9 Å². The van der Waals surface area contributed by atoms with Crippen molar-refractivity contribution in [3.63, 3.8) is 0 Å². The highest BCUT2D eigenvalue weighted by atomic mass is 16.1. The lowest BCUT2D eigenvalue weighted by Gasteiger charge is -2.02. The third-order valence-corrected chi connectivity index (χ3v) is 2.39. The van der Waals surface area contributed by atoms with Crippen LogP contribution in [0.1, 0.15) is 5.56 Å². The first-order chi connectivity index (χ1) is 8.70. The molecule has 0 bridgehead atoms. The van der Waals surface area contributed by atoms with Crippen molar-refractivity contribution in [1.82, 2.24) is 9.55 Å². The van der Waals surface area contributed by atoms with E-state index in [4.69, 9.17) is 11.0 Å². The van der Waals surface area contributed by atoms with Gasteiger partial charge < -0.3 is 10.3 Å². The molecule has 2 N–H and O–H groups in total. The van der Waals surface area contributed by atoms with Crippen LogP contribution in [0.2, 0.25) is 0 Å². The van der Waals surface area contributed by atoms with Crippen molar-refractivity contribution in [2.75, 3.05) is 0 Å². The summed E-state index contributed by atoms with van der Waals surface area (Å²) < 4.78 is 1.85. The van der Waals surface area contributed by atoms with E-state index in [1.54, 1.807) is 30.7 Å². The van der Waals surface area contributed by atoms with Crippen molar-refractivity contribution in [1.29, 1.82) is 5.26 Å². The van der Waals surface area contributed by atoms with Gasteiger partial charge in [-0.25, -0.2) is 4.98 Å². The minimum absolute atomic E-state index is 0.0645. The molecule has 0 radical (unpaired) electrons. The summed E-state index contributed by atoms with van der Waals surface area (Å²) in [6, 6.07) is 9.10. The number of nitrogens with two attached hydrogens (primary N) is 1. The number of nitriles is 1. The van der Waals surface area contributed by atoms with Gasteiger partial charge in [-0.2, -0.15) is 5.26 Å². The van der Waals surface area contributed by atoms with Crippen LogP contribution in [0.3, 0.4) is 0 Å². The lowest BCUT2D eigenvalue weighted by molar-refractivity contribution is -0.114. The Bertz CT molecular complexity index is 618. The SMILES string of the molecule is N#CC(=Cc1ccc(-n2ccnc2)cc1)C(N)=O. The molecule has 0 aliphatic rings. The van der Waals surface area contributed by atoms with E-state index in [0.29, 0.717) is 0 Å². The minimum Gasteiger partial charge on any atom is -0.365 e. The highest BCUT2D eigenvalue weighted by molar-refractivity contribution is 6.00. The summed E-state index contributed by atoms with van der Waals surface area (Å²) >= 11 is 0. The molecular weight excluding hydrogens is 228 g/mol. The fourth-order valence-corrected chi connectivity index (χ4v) is 1.48. The molecule has 1 heterocycles. The maximum Gasteiger partial charge on any atom is 0.259 e. The van der Waals surface area contributed by atoms with Gasteiger partial charge in [0.2, 0.25) is 0 Å². The van der Waals surface area contributed by atoms with Crippen molar-refractivity contribution in [2.24, 2.45) is 5.73 Å². The number of aromatic nitrogens is 2. The third kappa shape index (κ3) is 2.44. The summed E-state index contributed by atoms with van der Waals surface area (Å²) in [6.45, 7) is 0. The van der Waals surface area contributed by atoms with E-state index in [9.17, 15) is 4.79 Å². The quantitative estimate of drug-likeness (QED) is 0.645. The fraction of sp³-hybridized carbons (Fsp3) is 0. The van der Waals surface area contributed by atoms with Crippen molar-refractivity contribution in [2.45, 2.75) is 0 Å². The molecule has 0 unspecified atom stereocenters. The monoisotopic (exact) mass is 238 g/mol. The number of carbonyl (C=O) groups is 1. The topological polar surface area (TPSA) is 84.7 Å². The number of hydrogen-bond donors (Lipinski definition) is 1. The Balaban J connectivity index is 2.29. The second-order valence-corrected chi connectivity index (χ2v) is 3.60. The minimum atomic E-state index is -0.726. The van der Waals surface area contributed by atoms with Gasteiger partial charge in [0.05, 0.1) is 6.33 Å². The molecule has 2 rings (SSSR count). The summed E-state index contributed by atoms with van der Waals surface area (Å²) in [5.74, 6) is -0.726. The average Bonchev–Trinajstić information content (AvgIpc) is 2.90. The molecule has 0 saturated heterocycles. The van der Waals surface area contributed by atoms with E-state index in [2.05, 4.69) is 4.98 Å². The van der Waals surface area contributed by atoms with Gasteiger partial charge in [0, 0.05) is 18.1 Å². The predicted octanol–water partition coefficient (Wildman–Crippen LogP) is 1.26. The van der Waals surface area contributed by atoms with Gasteiger partial charge in [0.1, 0.15) is 11.6 Å². The van der Waals surface area contributed by atoms with E-state index < -0.39 is 5.91 Å². The van der Waals surface area contributed by atoms with Gasteiger partial charge in [0.25, 0.3) is 5.91 Å². The molecule has 1 aromatic carbocycles. The highest BCUT2D eigenvalue weighted by Crippen LogP contribution is 2.12. The summed E-state index contributed by atoms with van der Waals surface area (Å²) in [4.78, 5) is 14.9. The molecule has 0 fully saturated rings. The van der Waals surface area contributed by atoms with E-state index in [0.717, 1.165) is 11.3 Å². The molecule has 0 aliphatic heterocycles. The number of hydrogen-bond acceptors (Lipinski definition) is 3. The molecule has 0 spiro atoms. The number of benzene rings is 1. The molecule has 1 aromatic heterocycles. The van der Waals surface area contributed by atoms with Gasteiger partial charge in [0.15, 0.2) is 0 Å². The van der Waals surface area contributed by atoms with Crippen LogP contribution < -0.4 is 5.73 Å². The molecule has 1 amide bonds. The van der Waals surface area contributed by atoms with Crippen LogP contribution in [0.4, 0.5) is 0 Å². The normalized spacial score (nSPS) is 10.9. The van der Waals surface area contributed by atoms with Gasteiger partial charge >= 0.3 is 0 Å². The highest BCUT2D eigenvalue weighted by Gasteiger charge is 2.03. The van der Waals surface area contributed by atoms with Crippen molar-refractivity contribution in [3.05, 3.63) is 54.1 Å². The molecule has 5 heteroatoms. The zero-order chi connectivity index (χ0) is 13.0. The summed E-state index contributed by atoms with van der Waals surface area (Å²) in [7, 11) is 0. The summed E-state index contributed by atoms with van der Waals surface area (Å²) in [6.07, 6.45) is 6.67. The Labute approximate surface area is 104 Å². The third-order valence-electron chi connectivity index (χ3n) is 2.39. The molecule has 0 atom stereocenters. The van der Waals surface area contributed by atoms with Crippen LogP contribution in [0.15, 0.2) is 48.6 Å². The largest absolute Gasteiger partial charge is 0.365 e. The average molecular weight is 238 g/mol. The van der Waals surface area contributed by atoms with Crippen LogP contribution in [-0.2, 0) is 4.79 Å². The Morgan fingerprint density at radius 3 is 2.61 bits per heavy atom. The van der Waals surface area contributed by atoms with Crippen molar-refractivity contribution >= 4 is 12.0 Å². The van der Waals surface area contributed by atoms with Crippen LogP contribution in [0.5, 0.6) is 0 Å². The van der Waals surface area contributed by atoms with Gasteiger partial charge in [-0.1, -0.05) is 12.1 Å². The van der Waals surface area contributed by atoms with Crippen LogP contribution in [0, 0.1) is 11.3 Å². The van der Waals surface area contributed by atoms with Crippen molar-refractivity contribution < 1.29 is 4.79 Å². The standard InChI is InChI=1S/C13H10N4O/c14-8-11(13(15)18)7-10-1-3-12(4-2-10)17-6-5-16-9-17/h1-7,9H,(H2,15,18). The first-order valence-electron chi connectivity index (χ1n) is 5.20. The Hall–Kier alpha value is -2.87. The van der Waals surface area contributed by atoms with Gasteiger partial charge in [-0.15, -0.1) is 0 Å². The zero-order valence-corrected chi connectivity index (χ0v) is 9.45. The summed E-state index contributed by atoms with van der Waals surface area (Å²) in [5.41, 5.74) is 6.69. The molecule has 0 saturated carbocycles. The van der Waals surface area contributed by atoms with Gasteiger partial charge in [-0.05, 0) is 23.8 Å². The number of carbonyl (C=O) groups excluding carboxylic acids is 1. The Morgan fingerprint density at radius 2 is 2.11 bits per heavy atom. The second kappa shape index (κ2) is 4.97. The maximum atomic E-state index is 10.9. The van der Waals surface area contributed by atoms with Crippen molar-refractivity contribution in [3.8, 4) is 11.8 Å². The summed E-state index contributed by atoms with van der Waals surface area (Å²) in [5, 5.41) is 8.73. The smallest absolute Gasteiger partial charge is 0.259 e. The van der Waals surface area contributed by atoms with Crippen LogP contribution in [0.25, 0.3) is 11.8 Å². The van der Waals surface area contributed by atoms with E-state index >= 15 is 0 Å². The molecule has 88 valence electrons. The van der Waals surface area contributed by atoms with E-state index in [1.165, 1.54) is 6.08 Å². The lowest BCUT2D eigenvalue weighted by Crippen LogP contribution is -2.12. The first-order valence-corrected chi connectivity index (χ1v) is 5.20. The molecule has 18 heavy (non-hydrogen) atoms. The van der Waals surface area contributed by atoms with Crippen LogP contribution >= 0.6 is 0 Å². The number of nitrogens with zero attached hydrogens (tertiary/aromatic N) is 3. The fourth-order valence-electron chi connectivity index (χ4n) is 1.48. The Morgan fingerprint density at radius 1 is 1.39 bits per heavy atom. The maximum absolute atomic E-state index is 10.9. The number of rotatable bonds is 3.